The third-order valence-corrected chi connectivity index (χ3v) is 3.62. The molecule has 19 heavy (non-hydrogen) atoms. The van der Waals surface area contributed by atoms with Crippen molar-refractivity contribution in [3.05, 3.63) is 34.9 Å². The van der Waals surface area contributed by atoms with Gasteiger partial charge in [-0.15, -0.1) is 0 Å². The number of amides is 1. The van der Waals surface area contributed by atoms with Gasteiger partial charge >= 0.3 is 0 Å². The summed E-state index contributed by atoms with van der Waals surface area (Å²) in [6.07, 6.45) is 1.58. The smallest absolute Gasteiger partial charge is 0.254 e. The molecule has 0 spiro atoms. The second-order valence-electron chi connectivity index (χ2n) is 5.35. The zero-order valence-corrected chi connectivity index (χ0v) is 11.1. The predicted octanol–water partition coefficient (Wildman–Crippen LogP) is 2.15. The quantitative estimate of drug-likeness (QED) is 0.863. The van der Waals surface area contributed by atoms with Crippen LogP contribution in [-0.2, 0) is 0 Å². The van der Waals surface area contributed by atoms with Gasteiger partial charge in [0.25, 0.3) is 5.91 Å². The summed E-state index contributed by atoms with van der Waals surface area (Å²) in [7, 11) is 0. The Morgan fingerprint density at radius 1 is 1.26 bits per heavy atom. The molecule has 1 amide bonds. The first kappa shape index (κ1) is 13.9. The molecule has 5 heteroatoms. The summed E-state index contributed by atoms with van der Waals surface area (Å²) < 4.78 is 26.8. The Labute approximate surface area is 111 Å². The molecule has 1 saturated heterocycles. The maximum atomic E-state index is 13.6. The van der Waals surface area contributed by atoms with E-state index in [9.17, 15) is 13.6 Å². The van der Waals surface area contributed by atoms with Gasteiger partial charge in [0.1, 0.15) is 11.6 Å². The molecule has 2 N–H and O–H groups in total. The highest BCUT2D eigenvalue weighted by molar-refractivity contribution is 5.95. The van der Waals surface area contributed by atoms with Gasteiger partial charge in [-0.05, 0) is 51.4 Å². The van der Waals surface area contributed by atoms with Crippen molar-refractivity contribution in [3.63, 3.8) is 0 Å². The highest BCUT2D eigenvalue weighted by Gasteiger charge is 2.29. The summed E-state index contributed by atoms with van der Waals surface area (Å²) >= 11 is 0. The number of hydrogen-bond donors (Lipinski definition) is 2. The first-order valence-electron chi connectivity index (χ1n) is 6.40. The van der Waals surface area contributed by atoms with Gasteiger partial charge in [0, 0.05) is 11.6 Å². The molecule has 1 aromatic carbocycles. The van der Waals surface area contributed by atoms with E-state index in [4.69, 9.17) is 0 Å². The van der Waals surface area contributed by atoms with Crippen LogP contribution in [0.1, 0.15) is 35.7 Å². The van der Waals surface area contributed by atoms with Crippen molar-refractivity contribution in [2.75, 3.05) is 13.1 Å². The molecule has 104 valence electrons. The molecule has 0 atom stereocenters. The van der Waals surface area contributed by atoms with Gasteiger partial charge in [0.2, 0.25) is 0 Å². The monoisotopic (exact) mass is 268 g/mol. The minimum Gasteiger partial charge on any atom is -0.347 e. The molecule has 0 unspecified atom stereocenters. The molecule has 0 aromatic heterocycles. The SMILES string of the molecule is Cc1cc(C(=O)NC2(C)CCNCC2)c(F)cc1F. The van der Waals surface area contributed by atoms with Gasteiger partial charge in [-0.2, -0.15) is 0 Å². The number of aryl methyl sites for hydroxylation is 1. The van der Waals surface area contributed by atoms with Crippen molar-refractivity contribution in [2.45, 2.75) is 32.2 Å². The van der Waals surface area contributed by atoms with Gasteiger partial charge < -0.3 is 10.6 Å². The second kappa shape index (κ2) is 5.25. The van der Waals surface area contributed by atoms with Crippen LogP contribution in [-0.4, -0.2) is 24.5 Å². The van der Waals surface area contributed by atoms with Gasteiger partial charge in [-0.3, -0.25) is 4.79 Å². The topological polar surface area (TPSA) is 41.1 Å². The van der Waals surface area contributed by atoms with Crippen LogP contribution >= 0.6 is 0 Å². The number of piperidine rings is 1. The van der Waals surface area contributed by atoms with E-state index in [0.717, 1.165) is 32.0 Å². The summed E-state index contributed by atoms with van der Waals surface area (Å²) in [5, 5.41) is 6.06. The number of nitrogens with one attached hydrogen (secondary N) is 2. The van der Waals surface area contributed by atoms with Crippen molar-refractivity contribution >= 4 is 5.91 Å². The molecule has 1 aromatic rings. The first-order valence-corrected chi connectivity index (χ1v) is 6.40. The number of carbonyl (C=O) groups excluding carboxylic acids is 1. The first-order chi connectivity index (χ1) is 8.91. The Kier molecular flexibility index (Phi) is 3.85. The van der Waals surface area contributed by atoms with E-state index < -0.39 is 17.5 Å². The summed E-state index contributed by atoms with van der Waals surface area (Å²) in [4.78, 5) is 12.1. The molecule has 1 aliphatic heterocycles. The molecule has 0 saturated carbocycles. The van der Waals surface area contributed by atoms with Gasteiger partial charge in [-0.1, -0.05) is 0 Å². The lowest BCUT2D eigenvalue weighted by atomic mass is 9.90. The highest BCUT2D eigenvalue weighted by atomic mass is 19.1. The Hall–Kier alpha value is -1.49. The Morgan fingerprint density at radius 3 is 2.53 bits per heavy atom. The van der Waals surface area contributed by atoms with E-state index in [1.165, 1.54) is 13.0 Å². The largest absolute Gasteiger partial charge is 0.347 e. The normalized spacial score (nSPS) is 18.1. The van der Waals surface area contributed by atoms with Gasteiger partial charge in [0.15, 0.2) is 0 Å². The molecular weight excluding hydrogens is 250 g/mol. The third-order valence-electron chi connectivity index (χ3n) is 3.62. The molecule has 3 nitrogen and oxygen atoms in total. The third kappa shape index (κ3) is 3.10. The fourth-order valence-electron chi connectivity index (χ4n) is 2.28. The number of carbonyl (C=O) groups is 1. The molecule has 0 radical (unpaired) electrons. The van der Waals surface area contributed by atoms with Crippen molar-refractivity contribution in [1.82, 2.24) is 10.6 Å². The van der Waals surface area contributed by atoms with Crippen LogP contribution in [0.5, 0.6) is 0 Å². The van der Waals surface area contributed by atoms with Crippen LogP contribution in [0, 0.1) is 18.6 Å². The molecule has 1 fully saturated rings. The van der Waals surface area contributed by atoms with Crippen LogP contribution in [0.2, 0.25) is 0 Å². The van der Waals surface area contributed by atoms with Crippen LogP contribution in [0.3, 0.4) is 0 Å². The van der Waals surface area contributed by atoms with E-state index in [2.05, 4.69) is 10.6 Å². The molecule has 0 bridgehead atoms. The van der Waals surface area contributed by atoms with Gasteiger partial charge in [-0.25, -0.2) is 8.78 Å². The van der Waals surface area contributed by atoms with E-state index in [1.54, 1.807) is 0 Å². The Morgan fingerprint density at radius 2 is 1.89 bits per heavy atom. The van der Waals surface area contributed by atoms with Crippen molar-refractivity contribution in [2.24, 2.45) is 0 Å². The molecule has 1 heterocycles. The van der Waals surface area contributed by atoms with E-state index in [-0.39, 0.29) is 16.7 Å². The lowest BCUT2D eigenvalue weighted by molar-refractivity contribution is 0.0883. The number of halogens is 2. The summed E-state index contributed by atoms with van der Waals surface area (Å²) in [5.41, 5.74) is -0.169. The number of rotatable bonds is 2. The van der Waals surface area contributed by atoms with Crippen LogP contribution < -0.4 is 10.6 Å². The van der Waals surface area contributed by atoms with Gasteiger partial charge in [0.05, 0.1) is 5.56 Å². The van der Waals surface area contributed by atoms with Crippen molar-refractivity contribution < 1.29 is 13.6 Å². The Balaban J connectivity index is 2.18. The minimum atomic E-state index is -0.821. The predicted molar refractivity (Wildman–Crippen MR) is 69.1 cm³/mol. The van der Waals surface area contributed by atoms with Crippen LogP contribution in [0.15, 0.2) is 12.1 Å². The zero-order chi connectivity index (χ0) is 14.0. The molecule has 0 aliphatic carbocycles. The molecule has 2 rings (SSSR count). The fraction of sp³-hybridized carbons (Fsp3) is 0.500. The summed E-state index contributed by atoms with van der Waals surface area (Å²) in [6, 6.07) is 2.01. The van der Waals surface area contributed by atoms with Crippen LogP contribution in [0.4, 0.5) is 8.78 Å². The molecular formula is C14H18F2N2O. The molecule has 1 aliphatic rings. The summed E-state index contributed by atoms with van der Waals surface area (Å²) in [6.45, 7) is 5.10. The van der Waals surface area contributed by atoms with E-state index in [1.807, 2.05) is 6.92 Å². The Bertz CT molecular complexity index is 496. The number of benzene rings is 1. The second-order valence-corrected chi connectivity index (χ2v) is 5.35. The van der Waals surface area contributed by atoms with Crippen molar-refractivity contribution in [1.29, 1.82) is 0 Å². The average Bonchev–Trinajstić information content (AvgIpc) is 2.34. The maximum Gasteiger partial charge on any atom is 0.254 e. The average molecular weight is 268 g/mol. The lowest BCUT2D eigenvalue weighted by Crippen LogP contribution is -2.52. The minimum absolute atomic E-state index is 0.0985. The summed E-state index contributed by atoms with van der Waals surface area (Å²) in [5.74, 6) is -1.94. The van der Waals surface area contributed by atoms with E-state index >= 15 is 0 Å². The maximum absolute atomic E-state index is 13.6. The highest BCUT2D eigenvalue weighted by Crippen LogP contribution is 2.20. The van der Waals surface area contributed by atoms with Crippen LogP contribution in [0.25, 0.3) is 0 Å². The van der Waals surface area contributed by atoms with E-state index in [0.29, 0.717) is 0 Å². The zero-order valence-electron chi connectivity index (χ0n) is 11.1. The fourth-order valence-corrected chi connectivity index (χ4v) is 2.28. The number of hydrogen-bond acceptors (Lipinski definition) is 2. The standard InChI is InChI=1S/C14H18F2N2O/c1-9-7-10(12(16)8-11(9)15)13(19)18-14(2)3-5-17-6-4-14/h7-8,17H,3-6H2,1-2H3,(H,18,19). The lowest BCUT2D eigenvalue weighted by Gasteiger charge is -2.35. The van der Waals surface area contributed by atoms with Crippen molar-refractivity contribution in [3.8, 4) is 0 Å².